The van der Waals surface area contributed by atoms with E-state index in [1.165, 1.54) is 16.9 Å². The van der Waals surface area contributed by atoms with Crippen LogP contribution in [0.4, 0.5) is 16.6 Å². The molecule has 1 heterocycles. The minimum Gasteiger partial charge on any atom is -0.382 e. The van der Waals surface area contributed by atoms with Crippen molar-refractivity contribution in [3.05, 3.63) is 34.7 Å². The van der Waals surface area contributed by atoms with E-state index in [-0.39, 0.29) is 11.7 Å². The first kappa shape index (κ1) is 14.5. The van der Waals surface area contributed by atoms with Gasteiger partial charge < -0.3 is 11.1 Å². The Morgan fingerprint density at radius 2 is 2.20 bits per heavy atom. The zero-order valence-corrected chi connectivity index (χ0v) is 12.8. The van der Waals surface area contributed by atoms with E-state index in [2.05, 4.69) is 29.4 Å². The van der Waals surface area contributed by atoms with Gasteiger partial charge in [-0.05, 0) is 24.1 Å². The third-order valence-corrected chi connectivity index (χ3v) is 3.99. The molecule has 20 heavy (non-hydrogen) atoms. The van der Waals surface area contributed by atoms with Crippen LogP contribution in [0, 0.1) is 5.92 Å². The molecule has 3 N–H and O–H groups in total. The fourth-order valence-electron chi connectivity index (χ4n) is 1.82. The number of hydrogen-bond acceptors (Lipinski definition) is 5. The number of Topliss-reactive ketones (excluding diaryl/α,β-unsaturated/α-hetero) is 1. The summed E-state index contributed by atoms with van der Waals surface area (Å²) in [4.78, 5) is 16.8. The molecular weight excluding hydrogens is 270 g/mol. The highest BCUT2D eigenvalue weighted by atomic mass is 32.1. The number of benzene rings is 1. The highest BCUT2D eigenvalue weighted by molar-refractivity contribution is 7.18. The number of nitrogens with zero attached hydrogens (tertiary/aromatic N) is 1. The summed E-state index contributed by atoms with van der Waals surface area (Å²) in [6, 6.07) is 8.12. The zero-order valence-electron chi connectivity index (χ0n) is 11.9. The van der Waals surface area contributed by atoms with Gasteiger partial charge >= 0.3 is 0 Å². The average molecular weight is 289 g/mol. The number of aromatic nitrogens is 1. The van der Waals surface area contributed by atoms with E-state index in [1.54, 1.807) is 0 Å². The fourth-order valence-corrected chi connectivity index (χ4v) is 2.81. The second kappa shape index (κ2) is 6.05. The maximum Gasteiger partial charge on any atom is 0.189 e. The molecule has 2 rings (SSSR count). The normalized spacial score (nSPS) is 10.8. The molecule has 0 radical (unpaired) electrons. The molecule has 0 fully saturated rings. The standard InChI is InChI=1S/C15H19N3OS/c1-4-10-6-5-7-11(8-10)17-15-18-14(16)13(20-15)12(19)9(2)3/h5-9H,4,16H2,1-3H3,(H,17,18). The molecule has 0 aliphatic rings. The van der Waals surface area contributed by atoms with Gasteiger partial charge in [-0.15, -0.1) is 0 Å². The lowest BCUT2D eigenvalue weighted by Gasteiger charge is -2.04. The van der Waals surface area contributed by atoms with Crippen molar-refractivity contribution < 1.29 is 4.79 Å². The van der Waals surface area contributed by atoms with Gasteiger partial charge in [0.25, 0.3) is 0 Å². The zero-order chi connectivity index (χ0) is 14.7. The third-order valence-electron chi connectivity index (χ3n) is 2.99. The molecule has 0 saturated carbocycles. The van der Waals surface area contributed by atoms with Crippen molar-refractivity contribution in [2.24, 2.45) is 5.92 Å². The van der Waals surface area contributed by atoms with E-state index in [1.807, 2.05) is 26.0 Å². The summed E-state index contributed by atoms with van der Waals surface area (Å²) in [5.74, 6) is 0.271. The van der Waals surface area contributed by atoms with Crippen LogP contribution in [0.25, 0.3) is 0 Å². The van der Waals surface area contributed by atoms with Crippen molar-refractivity contribution in [1.29, 1.82) is 0 Å². The number of carbonyl (C=O) groups is 1. The Balaban J connectivity index is 2.22. The molecule has 0 unspecified atom stereocenters. The predicted octanol–water partition coefficient (Wildman–Crippen LogP) is 3.87. The number of carbonyl (C=O) groups excluding carboxylic acids is 1. The van der Waals surface area contributed by atoms with Gasteiger partial charge in [0.1, 0.15) is 10.7 Å². The lowest BCUT2D eigenvalue weighted by Crippen LogP contribution is -2.07. The quantitative estimate of drug-likeness (QED) is 0.820. The smallest absolute Gasteiger partial charge is 0.189 e. The van der Waals surface area contributed by atoms with Crippen molar-refractivity contribution in [2.75, 3.05) is 11.1 Å². The Kier molecular flexibility index (Phi) is 4.39. The molecule has 0 atom stereocenters. The molecule has 4 nitrogen and oxygen atoms in total. The van der Waals surface area contributed by atoms with Crippen LogP contribution < -0.4 is 11.1 Å². The molecular formula is C15H19N3OS. The number of nitrogens with two attached hydrogens (primary N) is 1. The number of aryl methyl sites for hydroxylation is 1. The van der Waals surface area contributed by atoms with Gasteiger partial charge in [-0.3, -0.25) is 4.79 Å². The average Bonchev–Trinajstić information content (AvgIpc) is 2.78. The Bertz CT molecular complexity index is 619. The summed E-state index contributed by atoms with van der Waals surface area (Å²) in [6.45, 7) is 5.83. The molecule has 0 spiro atoms. The number of anilines is 3. The van der Waals surface area contributed by atoms with E-state index in [4.69, 9.17) is 5.73 Å². The van der Waals surface area contributed by atoms with Crippen LogP contribution >= 0.6 is 11.3 Å². The topological polar surface area (TPSA) is 68.0 Å². The summed E-state index contributed by atoms with van der Waals surface area (Å²) in [6.07, 6.45) is 0.979. The van der Waals surface area contributed by atoms with E-state index < -0.39 is 0 Å². The van der Waals surface area contributed by atoms with Crippen molar-refractivity contribution in [1.82, 2.24) is 4.98 Å². The molecule has 0 amide bonds. The molecule has 106 valence electrons. The highest BCUT2D eigenvalue weighted by Crippen LogP contribution is 2.29. The predicted molar refractivity (Wildman–Crippen MR) is 84.8 cm³/mol. The van der Waals surface area contributed by atoms with Gasteiger partial charge in [0, 0.05) is 11.6 Å². The Morgan fingerprint density at radius 3 is 2.85 bits per heavy atom. The molecule has 5 heteroatoms. The van der Waals surface area contributed by atoms with Gasteiger partial charge in [-0.2, -0.15) is 0 Å². The third kappa shape index (κ3) is 3.17. The number of nitrogens with one attached hydrogen (secondary N) is 1. The van der Waals surface area contributed by atoms with Gasteiger partial charge in [0.2, 0.25) is 0 Å². The largest absolute Gasteiger partial charge is 0.382 e. The van der Waals surface area contributed by atoms with Gasteiger partial charge in [-0.1, -0.05) is 44.2 Å². The molecule has 0 bridgehead atoms. The number of thiazole rings is 1. The summed E-state index contributed by atoms with van der Waals surface area (Å²) >= 11 is 1.31. The molecule has 2 aromatic rings. The van der Waals surface area contributed by atoms with Crippen LogP contribution in [-0.4, -0.2) is 10.8 Å². The molecule has 0 saturated heterocycles. The molecule has 0 aliphatic heterocycles. The molecule has 0 aliphatic carbocycles. The number of hydrogen-bond donors (Lipinski definition) is 2. The van der Waals surface area contributed by atoms with Gasteiger partial charge in [0.05, 0.1) is 0 Å². The maximum atomic E-state index is 12.0. The van der Waals surface area contributed by atoms with Crippen LogP contribution in [0.1, 0.15) is 36.0 Å². The SMILES string of the molecule is CCc1cccc(Nc2nc(N)c(C(=O)C(C)C)s2)c1. The van der Waals surface area contributed by atoms with Crippen LogP contribution in [-0.2, 0) is 6.42 Å². The van der Waals surface area contributed by atoms with E-state index in [0.29, 0.717) is 15.8 Å². The maximum absolute atomic E-state index is 12.0. The van der Waals surface area contributed by atoms with Crippen molar-refractivity contribution in [3.8, 4) is 0 Å². The minimum absolute atomic E-state index is 0.0374. The number of rotatable bonds is 5. The minimum atomic E-state index is -0.0750. The first-order chi connectivity index (χ1) is 9.51. The molecule has 1 aromatic heterocycles. The van der Waals surface area contributed by atoms with Gasteiger partial charge in [-0.25, -0.2) is 4.98 Å². The Morgan fingerprint density at radius 1 is 1.45 bits per heavy atom. The van der Waals surface area contributed by atoms with E-state index in [0.717, 1.165) is 12.1 Å². The summed E-state index contributed by atoms with van der Waals surface area (Å²) in [5.41, 5.74) is 8.04. The lowest BCUT2D eigenvalue weighted by molar-refractivity contribution is 0.0944. The Labute approximate surface area is 123 Å². The second-order valence-electron chi connectivity index (χ2n) is 4.93. The fraction of sp³-hybridized carbons (Fsp3) is 0.333. The highest BCUT2D eigenvalue weighted by Gasteiger charge is 2.18. The van der Waals surface area contributed by atoms with Crippen LogP contribution in [0.15, 0.2) is 24.3 Å². The van der Waals surface area contributed by atoms with Gasteiger partial charge in [0.15, 0.2) is 10.9 Å². The van der Waals surface area contributed by atoms with Crippen LogP contribution in [0.3, 0.4) is 0 Å². The first-order valence-electron chi connectivity index (χ1n) is 6.67. The van der Waals surface area contributed by atoms with Crippen LogP contribution in [0.5, 0.6) is 0 Å². The van der Waals surface area contributed by atoms with Crippen LogP contribution in [0.2, 0.25) is 0 Å². The monoisotopic (exact) mass is 289 g/mol. The molecule has 1 aromatic carbocycles. The van der Waals surface area contributed by atoms with Crippen molar-refractivity contribution in [2.45, 2.75) is 27.2 Å². The number of ketones is 1. The van der Waals surface area contributed by atoms with E-state index in [9.17, 15) is 4.79 Å². The first-order valence-corrected chi connectivity index (χ1v) is 7.49. The van der Waals surface area contributed by atoms with E-state index >= 15 is 0 Å². The lowest BCUT2D eigenvalue weighted by atomic mass is 10.1. The van der Waals surface area contributed by atoms with Crippen molar-refractivity contribution >= 4 is 33.8 Å². The second-order valence-corrected chi connectivity index (χ2v) is 5.93. The summed E-state index contributed by atoms with van der Waals surface area (Å²) in [5, 5.41) is 3.86. The Hall–Kier alpha value is -1.88. The summed E-state index contributed by atoms with van der Waals surface area (Å²) in [7, 11) is 0. The number of nitrogen functional groups attached to an aromatic ring is 1. The van der Waals surface area contributed by atoms with Crippen molar-refractivity contribution in [3.63, 3.8) is 0 Å². The summed E-state index contributed by atoms with van der Waals surface area (Å²) < 4.78 is 0.